The number of anilines is 1. The monoisotopic (exact) mass is 301 g/mol. The molecule has 1 fully saturated rings. The second kappa shape index (κ2) is 6.89. The van der Waals surface area contributed by atoms with E-state index in [2.05, 4.69) is 39.2 Å². The highest BCUT2D eigenvalue weighted by Crippen LogP contribution is 2.15. The first-order valence-corrected chi connectivity index (χ1v) is 7.70. The van der Waals surface area contributed by atoms with Crippen LogP contribution in [-0.4, -0.2) is 40.3 Å². The molecule has 1 N–H and O–H groups in total. The molecule has 118 valence electrons. The van der Waals surface area contributed by atoms with Crippen LogP contribution in [0.2, 0.25) is 0 Å². The van der Waals surface area contributed by atoms with Gasteiger partial charge in [0.05, 0.1) is 24.7 Å². The summed E-state index contributed by atoms with van der Waals surface area (Å²) in [5.41, 5.74) is 2.36. The van der Waals surface area contributed by atoms with Gasteiger partial charge in [-0.1, -0.05) is 6.07 Å². The number of ether oxygens (including phenoxy) is 1. The molecular weight excluding hydrogens is 278 g/mol. The lowest BCUT2D eigenvalue weighted by atomic mass is 10.2. The predicted molar refractivity (Wildman–Crippen MR) is 85.6 cm³/mol. The summed E-state index contributed by atoms with van der Waals surface area (Å²) in [5, 5.41) is 3.42. The average molecular weight is 301 g/mol. The lowest BCUT2D eigenvalue weighted by molar-refractivity contribution is 0.0529. The Hall–Kier alpha value is -1.92. The third-order valence-corrected chi connectivity index (χ3v) is 3.93. The zero-order valence-electron chi connectivity index (χ0n) is 13.2. The van der Waals surface area contributed by atoms with Gasteiger partial charge in [0.25, 0.3) is 0 Å². The van der Waals surface area contributed by atoms with Crippen LogP contribution in [0.25, 0.3) is 0 Å². The summed E-state index contributed by atoms with van der Waals surface area (Å²) < 4.78 is 7.59. The Labute approximate surface area is 131 Å². The zero-order chi connectivity index (χ0) is 15.4. The molecule has 0 bridgehead atoms. The van der Waals surface area contributed by atoms with Crippen LogP contribution < -0.4 is 10.2 Å². The topological polar surface area (TPSA) is 55.2 Å². The fourth-order valence-corrected chi connectivity index (χ4v) is 2.62. The van der Waals surface area contributed by atoms with Crippen LogP contribution in [0.5, 0.6) is 0 Å². The summed E-state index contributed by atoms with van der Waals surface area (Å²) in [6, 6.07) is 4.23. The molecule has 22 heavy (non-hydrogen) atoms. The van der Waals surface area contributed by atoms with E-state index >= 15 is 0 Å². The second-order valence-corrected chi connectivity index (χ2v) is 5.75. The Bertz CT molecular complexity index is 595. The lowest BCUT2D eigenvalue weighted by Crippen LogP contribution is -2.41. The first-order valence-electron chi connectivity index (χ1n) is 7.70. The van der Waals surface area contributed by atoms with E-state index in [1.54, 1.807) is 0 Å². The van der Waals surface area contributed by atoms with Crippen molar-refractivity contribution in [1.82, 2.24) is 19.9 Å². The Morgan fingerprint density at radius 2 is 2.23 bits per heavy atom. The predicted octanol–water partition coefficient (Wildman–Crippen LogP) is 1.33. The first-order chi connectivity index (χ1) is 10.7. The van der Waals surface area contributed by atoms with E-state index < -0.39 is 0 Å². The minimum Gasteiger partial charge on any atom is -0.375 e. The highest BCUT2D eigenvalue weighted by atomic mass is 16.5. The summed E-state index contributed by atoms with van der Waals surface area (Å²) in [5.74, 6) is 1.03. The average Bonchev–Trinajstić information content (AvgIpc) is 2.93. The lowest BCUT2D eigenvalue weighted by Gasteiger charge is -2.32. The Kier molecular flexibility index (Phi) is 4.70. The minimum atomic E-state index is 0.274. The van der Waals surface area contributed by atoms with E-state index in [0.717, 1.165) is 38.6 Å². The number of aromatic nitrogens is 3. The van der Waals surface area contributed by atoms with Gasteiger partial charge in [0.2, 0.25) is 0 Å². The van der Waals surface area contributed by atoms with E-state index in [4.69, 9.17) is 4.74 Å². The molecular formula is C16H23N5O. The molecule has 6 heteroatoms. The van der Waals surface area contributed by atoms with Gasteiger partial charge in [0.15, 0.2) is 0 Å². The molecule has 2 aromatic rings. The van der Waals surface area contributed by atoms with E-state index in [1.165, 1.54) is 11.3 Å². The highest BCUT2D eigenvalue weighted by Gasteiger charge is 2.17. The maximum absolute atomic E-state index is 5.56. The van der Waals surface area contributed by atoms with Gasteiger partial charge in [0, 0.05) is 45.6 Å². The summed E-state index contributed by atoms with van der Waals surface area (Å²) in [4.78, 5) is 11.0. The van der Waals surface area contributed by atoms with Gasteiger partial charge in [-0.3, -0.25) is 0 Å². The molecule has 3 rings (SSSR count). The molecule has 0 unspecified atom stereocenters. The van der Waals surface area contributed by atoms with Gasteiger partial charge in [-0.15, -0.1) is 0 Å². The van der Waals surface area contributed by atoms with Gasteiger partial charge < -0.3 is 19.5 Å². The van der Waals surface area contributed by atoms with Crippen LogP contribution in [0.1, 0.15) is 18.2 Å². The van der Waals surface area contributed by atoms with E-state index in [9.17, 15) is 0 Å². The number of imidazole rings is 1. The van der Waals surface area contributed by atoms with Crippen LogP contribution >= 0.6 is 0 Å². The van der Waals surface area contributed by atoms with Gasteiger partial charge in [-0.05, 0) is 18.6 Å². The number of hydrogen-bond donors (Lipinski definition) is 1. The fourth-order valence-electron chi connectivity index (χ4n) is 2.62. The van der Waals surface area contributed by atoms with Crippen LogP contribution in [0.3, 0.4) is 0 Å². The molecule has 0 amide bonds. The molecule has 0 aliphatic carbocycles. The molecule has 1 aliphatic heterocycles. The summed E-state index contributed by atoms with van der Waals surface area (Å²) in [6.07, 6.45) is 5.92. The first kappa shape index (κ1) is 15.0. The molecule has 1 aliphatic rings. The number of hydrogen-bond acceptors (Lipinski definition) is 5. The third-order valence-electron chi connectivity index (χ3n) is 3.93. The number of pyridine rings is 1. The summed E-state index contributed by atoms with van der Waals surface area (Å²) in [7, 11) is 2.00. The number of rotatable bonds is 5. The third kappa shape index (κ3) is 3.64. The number of nitrogens with one attached hydrogen (secondary N) is 1. The number of nitrogens with zero attached hydrogens (tertiary/aromatic N) is 4. The van der Waals surface area contributed by atoms with Gasteiger partial charge >= 0.3 is 0 Å². The second-order valence-electron chi connectivity index (χ2n) is 5.75. The largest absolute Gasteiger partial charge is 0.375 e. The van der Waals surface area contributed by atoms with Crippen LogP contribution in [0.4, 0.5) is 5.82 Å². The van der Waals surface area contributed by atoms with Crippen molar-refractivity contribution in [3.8, 4) is 0 Å². The van der Waals surface area contributed by atoms with Crippen molar-refractivity contribution < 1.29 is 4.74 Å². The highest BCUT2D eigenvalue weighted by molar-refractivity contribution is 5.39. The molecule has 1 saturated heterocycles. The quantitative estimate of drug-likeness (QED) is 0.903. The van der Waals surface area contributed by atoms with E-state index in [1.807, 2.05) is 30.3 Å². The number of morpholine rings is 1. The normalized spacial score (nSPS) is 18.6. The maximum atomic E-state index is 5.56. The van der Waals surface area contributed by atoms with Crippen molar-refractivity contribution in [3.05, 3.63) is 42.1 Å². The van der Waals surface area contributed by atoms with Crippen LogP contribution in [0, 0.1) is 0 Å². The van der Waals surface area contributed by atoms with Crippen molar-refractivity contribution in [2.45, 2.75) is 26.1 Å². The molecule has 6 nitrogen and oxygen atoms in total. The van der Waals surface area contributed by atoms with Crippen molar-refractivity contribution in [2.24, 2.45) is 7.05 Å². The molecule has 0 saturated carbocycles. The molecule has 0 aromatic carbocycles. The van der Waals surface area contributed by atoms with Crippen LogP contribution in [0.15, 0.2) is 30.9 Å². The van der Waals surface area contributed by atoms with Gasteiger partial charge in [0.1, 0.15) is 5.82 Å². The maximum Gasteiger partial charge on any atom is 0.128 e. The SMILES string of the molecule is C[C@@H]1CN(c2ccc(CNCc3cncn3C)cn2)CCO1. The molecule has 0 radical (unpaired) electrons. The molecule has 1 atom stereocenters. The zero-order valence-corrected chi connectivity index (χ0v) is 13.2. The molecule has 3 heterocycles. The fraction of sp³-hybridized carbons (Fsp3) is 0.500. The van der Waals surface area contributed by atoms with Crippen molar-refractivity contribution >= 4 is 5.82 Å². The molecule has 2 aromatic heterocycles. The Balaban J connectivity index is 1.52. The Morgan fingerprint density at radius 1 is 1.32 bits per heavy atom. The van der Waals surface area contributed by atoms with Crippen LogP contribution in [-0.2, 0) is 24.9 Å². The van der Waals surface area contributed by atoms with E-state index in [-0.39, 0.29) is 6.10 Å². The van der Waals surface area contributed by atoms with Gasteiger partial charge in [-0.25, -0.2) is 9.97 Å². The minimum absolute atomic E-state index is 0.274. The van der Waals surface area contributed by atoms with Crippen molar-refractivity contribution in [2.75, 3.05) is 24.6 Å². The Morgan fingerprint density at radius 3 is 2.91 bits per heavy atom. The smallest absolute Gasteiger partial charge is 0.128 e. The van der Waals surface area contributed by atoms with Crippen molar-refractivity contribution in [3.63, 3.8) is 0 Å². The molecule has 0 spiro atoms. The van der Waals surface area contributed by atoms with Gasteiger partial charge in [-0.2, -0.15) is 0 Å². The summed E-state index contributed by atoms with van der Waals surface area (Å²) in [6.45, 7) is 6.30. The van der Waals surface area contributed by atoms with Crippen molar-refractivity contribution in [1.29, 1.82) is 0 Å². The summed E-state index contributed by atoms with van der Waals surface area (Å²) >= 11 is 0. The number of aryl methyl sites for hydroxylation is 1. The standard InChI is InChI=1S/C16H23N5O/c1-13-11-21(5-6-22-13)16-4-3-14(8-19-16)7-17-9-15-10-18-12-20(15)2/h3-4,8,10,12-13,17H,5-7,9,11H2,1-2H3/t13-/m1/s1. The van der Waals surface area contributed by atoms with E-state index in [0.29, 0.717) is 0 Å².